The van der Waals surface area contributed by atoms with Gasteiger partial charge in [0.15, 0.2) is 5.76 Å². The van der Waals surface area contributed by atoms with E-state index < -0.39 is 0 Å². The van der Waals surface area contributed by atoms with Crippen LogP contribution in [0.25, 0.3) is 0 Å². The zero-order valence-corrected chi connectivity index (χ0v) is 8.32. The first-order valence-electron chi connectivity index (χ1n) is 4.28. The van der Waals surface area contributed by atoms with Crippen molar-refractivity contribution < 1.29 is 9.63 Å². The second kappa shape index (κ2) is 3.89. The van der Waals surface area contributed by atoms with Crippen LogP contribution in [0.15, 0.2) is 16.8 Å². The Morgan fingerprint density at radius 3 is 2.77 bits per heavy atom. The van der Waals surface area contributed by atoms with Gasteiger partial charge in [0.05, 0.1) is 19.3 Å². The van der Waals surface area contributed by atoms with Gasteiger partial charge in [-0.15, -0.1) is 0 Å². The molecule has 1 aromatic heterocycles. The number of hydrogen-bond acceptors (Lipinski definition) is 4. The maximum atomic E-state index is 9.11. The monoisotopic (exact) mass is 184 g/mol. The first-order valence-corrected chi connectivity index (χ1v) is 4.28. The summed E-state index contributed by atoms with van der Waals surface area (Å²) in [6, 6.07) is 1.82. The molecule has 1 N–H and O–H groups in total. The van der Waals surface area contributed by atoms with Crippen LogP contribution in [0.4, 0.5) is 0 Å². The van der Waals surface area contributed by atoms with Gasteiger partial charge in [0.2, 0.25) is 0 Å². The van der Waals surface area contributed by atoms with Gasteiger partial charge in [0, 0.05) is 11.6 Å². The minimum absolute atomic E-state index is 0.123. The van der Waals surface area contributed by atoms with E-state index in [0.717, 1.165) is 5.76 Å². The van der Waals surface area contributed by atoms with Crippen LogP contribution in [0.5, 0.6) is 0 Å². The van der Waals surface area contributed by atoms with Crippen molar-refractivity contribution >= 4 is 0 Å². The van der Waals surface area contributed by atoms with Gasteiger partial charge >= 0.3 is 0 Å². The zero-order valence-electron chi connectivity index (χ0n) is 8.32. The number of aliphatic hydroxyl groups is 1. The number of aliphatic hydroxyl groups excluding tert-OH is 1. The summed E-state index contributed by atoms with van der Waals surface area (Å²) in [6.45, 7) is 4.73. The molecule has 13 heavy (non-hydrogen) atoms. The van der Waals surface area contributed by atoms with Gasteiger partial charge in [-0.25, -0.2) is 0 Å². The van der Waals surface area contributed by atoms with Gasteiger partial charge in [-0.05, 0) is 20.9 Å². The van der Waals surface area contributed by atoms with Gasteiger partial charge in [-0.3, -0.25) is 4.90 Å². The second-order valence-corrected chi connectivity index (χ2v) is 3.81. The molecule has 0 fully saturated rings. The van der Waals surface area contributed by atoms with Crippen LogP contribution in [-0.2, 0) is 6.54 Å². The molecular formula is C9H16N2O2. The van der Waals surface area contributed by atoms with Crippen molar-refractivity contribution in [3.63, 3.8) is 0 Å². The van der Waals surface area contributed by atoms with Crippen LogP contribution in [0.2, 0.25) is 0 Å². The molecule has 0 bridgehead atoms. The lowest BCUT2D eigenvalue weighted by molar-refractivity contribution is 0.0666. The van der Waals surface area contributed by atoms with Gasteiger partial charge in [-0.2, -0.15) is 0 Å². The van der Waals surface area contributed by atoms with Crippen molar-refractivity contribution in [1.29, 1.82) is 0 Å². The lowest BCUT2D eigenvalue weighted by Crippen LogP contribution is -2.43. The third-order valence-corrected chi connectivity index (χ3v) is 2.30. The smallest absolute Gasteiger partial charge is 0.150 e. The minimum atomic E-state index is -0.229. The topological polar surface area (TPSA) is 49.5 Å². The average Bonchev–Trinajstić information content (AvgIpc) is 2.57. The fraction of sp³-hybridized carbons (Fsp3) is 0.667. The van der Waals surface area contributed by atoms with E-state index in [-0.39, 0.29) is 12.1 Å². The predicted molar refractivity (Wildman–Crippen MR) is 49.1 cm³/mol. The molecule has 4 nitrogen and oxygen atoms in total. The Morgan fingerprint density at radius 1 is 1.62 bits per heavy atom. The maximum Gasteiger partial charge on any atom is 0.150 e. The Bertz CT molecular complexity index is 244. The molecule has 0 saturated carbocycles. The van der Waals surface area contributed by atoms with Crippen LogP contribution < -0.4 is 0 Å². The van der Waals surface area contributed by atoms with Crippen molar-refractivity contribution in [2.45, 2.75) is 25.9 Å². The van der Waals surface area contributed by atoms with Crippen molar-refractivity contribution in [2.24, 2.45) is 0 Å². The van der Waals surface area contributed by atoms with Crippen molar-refractivity contribution in [2.75, 3.05) is 13.7 Å². The van der Waals surface area contributed by atoms with Gasteiger partial charge in [0.25, 0.3) is 0 Å². The van der Waals surface area contributed by atoms with Crippen molar-refractivity contribution in [1.82, 2.24) is 10.1 Å². The third kappa shape index (κ3) is 2.54. The molecule has 1 aromatic rings. The molecule has 1 rings (SSSR count). The second-order valence-electron chi connectivity index (χ2n) is 3.81. The van der Waals surface area contributed by atoms with Crippen LogP contribution in [0.1, 0.15) is 19.6 Å². The van der Waals surface area contributed by atoms with E-state index in [1.54, 1.807) is 6.20 Å². The normalized spacial score (nSPS) is 12.4. The number of rotatable bonds is 4. The van der Waals surface area contributed by atoms with E-state index in [1.807, 2.05) is 31.9 Å². The highest BCUT2D eigenvalue weighted by Gasteiger charge is 2.22. The molecule has 0 spiro atoms. The Balaban J connectivity index is 2.55. The molecule has 0 unspecified atom stereocenters. The third-order valence-electron chi connectivity index (χ3n) is 2.30. The van der Waals surface area contributed by atoms with Crippen LogP contribution in [0, 0.1) is 0 Å². The molecule has 0 aromatic carbocycles. The Hall–Kier alpha value is -0.870. The molecule has 0 saturated heterocycles. The molecule has 0 aliphatic carbocycles. The number of aromatic nitrogens is 1. The van der Waals surface area contributed by atoms with Crippen LogP contribution in [-0.4, -0.2) is 34.4 Å². The van der Waals surface area contributed by atoms with Crippen LogP contribution >= 0.6 is 0 Å². The molecule has 0 atom stereocenters. The summed E-state index contributed by atoms with van der Waals surface area (Å²) < 4.78 is 4.97. The number of nitrogens with zero attached hydrogens (tertiary/aromatic N) is 2. The highest BCUT2D eigenvalue weighted by atomic mass is 16.5. The number of likely N-dealkylation sites (N-methyl/N-ethyl adjacent to an activating group) is 1. The van der Waals surface area contributed by atoms with Gasteiger partial charge in [0.1, 0.15) is 0 Å². The summed E-state index contributed by atoms with van der Waals surface area (Å²) in [4.78, 5) is 2.02. The minimum Gasteiger partial charge on any atom is -0.394 e. The number of hydrogen-bond donors (Lipinski definition) is 1. The summed E-state index contributed by atoms with van der Waals surface area (Å²) in [6.07, 6.45) is 1.62. The Kier molecular flexibility index (Phi) is 3.06. The van der Waals surface area contributed by atoms with Crippen molar-refractivity contribution in [3.8, 4) is 0 Å². The Labute approximate surface area is 78.1 Å². The lowest BCUT2D eigenvalue weighted by Gasteiger charge is -2.32. The SMILES string of the molecule is CN(Cc1ccno1)C(C)(C)CO. The standard InChI is InChI=1S/C9H16N2O2/c1-9(2,7-12)11(3)6-8-4-5-10-13-8/h4-5,12H,6-7H2,1-3H3. The van der Waals surface area contributed by atoms with E-state index in [9.17, 15) is 0 Å². The largest absolute Gasteiger partial charge is 0.394 e. The van der Waals surface area contributed by atoms with Crippen LogP contribution in [0.3, 0.4) is 0 Å². The van der Waals surface area contributed by atoms with E-state index in [4.69, 9.17) is 9.63 Å². The molecule has 0 aliphatic heterocycles. The van der Waals surface area contributed by atoms with Gasteiger partial charge in [-0.1, -0.05) is 5.16 Å². The summed E-state index contributed by atoms with van der Waals surface area (Å²) in [5.74, 6) is 0.809. The summed E-state index contributed by atoms with van der Waals surface area (Å²) in [5, 5.41) is 12.7. The Morgan fingerprint density at radius 2 is 2.31 bits per heavy atom. The molecule has 0 radical (unpaired) electrons. The first-order chi connectivity index (χ1) is 6.06. The molecule has 0 amide bonds. The predicted octanol–water partition coefficient (Wildman–Crippen LogP) is 0.877. The summed E-state index contributed by atoms with van der Waals surface area (Å²) in [5.41, 5.74) is -0.229. The summed E-state index contributed by atoms with van der Waals surface area (Å²) >= 11 is 0. The quantitative estimate of drug-likeness (QED) is 0.754. The van der Waals surface area contributed by atoms with E-state index >= 15 is 0 Å². The molecule has 0 aliphatic rings. The zero-order chi connectivity index (χ0) is 9.90. The highest BCUT2D eigenvalue weighted by molar-refractivity contribution is 4.94. The first kappa shape index (κ1) is 10.2. The maximum absolute atomic E-state index is 9.11. The lowest BCUT2D eigenvalue weighted by atomic mass is 10.1. The average molecular weight is 184 g/mol. The van der Waals surface area contributed by atoms with Gasteiger partial charge < -0.3 is 9.63 Å². The summed E-state index contributed by atoms with van der Waals surface area (Å²) in [7, 11) is 1.94. The van der Waals surface area contributed by atoms with E-state index in [0.29, 0.717) is 6.54 Å². The van der Waals surface area contributed by atoms with Crippen molar-refractivity contribution in [3.05, 3.63) is 18.0 Å². The molecule has 74 valence electrons. The van der Waals surface area contributed by atoms with E-state index in [2.05, 4.69) is 5.16 Å². The fourth-order valence-corrected chi connectivity index (χ4v) is 0.892. The highest BCUT2D eigenvalue weighted by Crippen LogP contribution is 2.14. The van der Waals surface area contributed by atoms with E-state index in [1.165, 1.54) is 0 Å². The fourth-order valence-electron chi connectivity index (χ4n) is 0.892. The molecular weight excluding hydrogens is 168 g/mol. The molecule has 4 heteroatoms. The molecule has 1 heterocycles.